The van der Waals surface area contributed by atoms with E-state index in [1.165, 1.54) is 0 Å². The van der Waals surface area contributed by atoms with Crippen LogP contribution in [0, 0.1) is 17.3 Å². The zero-order valence-corrected chi connectivity index (χ0v) is 31.3. The Labute approximate surface area is 317 Å². The molecule has 3 fully saturated rings. The van der Waals surface area contributed by atoms with Crippen LogP contribution in [-0.4, -0.2) is 96.6 Å². The highest BCUT2D eigenvalue weighted by molar-refractivity contribution is 5.86. The van der Waals surface area contributed by atoms with Crippen LogP contribution in [-0.2, 0) is 36.7 Å². The fourth-order valence-corrected chi connectivity index (χ4v) is 7.40. The van der Waals surface area contributed by atoms with Gasteiger partial charge in [-0.25, -0.2) is 14.6 Å². The number of hydrogen-bond acceptors (Lipinski definition) is 10. The molecule has 3 heterocycles. The van der Waals surface area contributed by atoms with Gasteiger partial charge in [0.05, 0.1) is 32.0 Å². The molecule has 1 aromatic heterocycles. The van der Waals surface area contributed by atoms with Crippen LogP contribution in [0.1, 0.15) is 51.2 Å². The minimum absolute atomic E-state index is 0.0590. The van der Waals surface area contributed by atoms with Crippen LogP contribution in [0.15, 0.2) is 79.1 Å². The SMILES string of the molecule is CC(C)(C)[C@H](NC(=O)OC1CCOC1)C(=O)NN(Cc1ccc(-c2cccnc2)cc1)C[C@H](O)[C@H](Cc1ccccc1)NC(=O)OC1CCC2COCC21. The molecule has 0 spiro atoms. The van der Waals surface area contributed by atoms with E-state index in [2.05, 4.69) is 21.0 Å². The van der Waals surface area contributed by atoms with Crippen molar-refractivity contribution in [2.75, 3.05) is 33.0 Å². The zero-order chi connectivity index (χ0) is 38.1. The molecule has 0 bridgehead atoms. The molecule has 1 saturated carbocycles. The second-order valence-electron chi connectivity index (χ2n) is 15.6. The fraction of sp³-hybridized carbons (Fsp3) is 0.512. The monoisotopic (exact) mass is 743 g/mol. The number of carbonyl (C=O) groups excluding carboxylic acids is 3. The molecule has 4 unspecified atom stereocenters. The molecule has 2 saturated heterocycles. The van der Waals surface area contributed by atoms with Gasteiger partial charge in [-0.15, -0.1) is 0 Å². The number of fused-ring (bicyclic) bond motifs is 1. The lowest BCUT2D eigenvalue weighted by Crippen LogP contribution is -2.59. The zero-order valence-electron chi connectivity index (χ0n) is 31.3. The molecule has 0 radical (unpaired) electrons. The number of carbonyl (C=O) groups is 3. The first kappa shape index (κ1) is 39.1. The van der Waals surface area contributed by atoms with Gasteiger partial charge in [0.1, 0.15) is 18.2 Å². The normalized spacial score (nSPS) is 22.5. The highest BCUT2D eigenvalue weighted by Crippen LogP contribution is 2.38. The first-order valence-corrected chi connectivity index (χ1v) is 18.9. The van der Waals surface area contributed by atoms with Crippen molar-refractivity contribution in [3.05, 3.63) is 90.3 Å². The van der Waals surface area contributed by atoms with E-state index in [1.54, 1.807) is 17.4 Å². The third kappa shape index (κ3) is 10.8. The summed E-state index contributed by atoms with van der Waals surface area (Å²) < 4.78 is 22.4. The summed E-state index contributed by atoms with van der Waals surface area (Å²) in [6.07, 6.45) is 3.08. The van der Waals surface area contributed by atoms with E-state index in [4.69, 9.17) is 18.9 Å². The van der Waals surface area contributed by atoms with Crippen LogP contribution in [0.2, 0.25) is 0 Å². The van der Waals surface area contributed by atoms with Crippen molar-refractivity contribution in [1.82, 2.24) is 26.1 Å². The second-order valence-corrected chi connectivity index (χ2v) is 15.6. The maximum Gasteiger partial charge on any atom is 0.408 e. The molecule has 3 amide bonds. The van der Waals surface area contributed by atoms with E-state index in [0.29, 0.717) is 45.2 Å². The van der Waals surface area contributed by atoms with Gasteiger partial charge in [-0.2, -0.15) is 0 Å². The lowest BCUT2D eigenvalue weighted by molar-refractivity contribution is -0.131. The average Bonchev–Trinajstić information content (AvgIpc) is 3.92. The Balaban J connectivity index is 1.20. The molecule has 1 aliphatic carbocycles. The van der Waals surface area contributed by atoms with Gasteiger partial charge in [0.25, 0.3) is 5.91 Å². The number of aliphatic hydroxyl groups is 1. The topological polar surface area (TPSA) is 161 Å². The summed E-state index contributed by atoms with van der Waals surface area (Å²) in [5.41, 5.74) is 6.00. The number of rotatable bonds is 14. The molecule has 3 aliphatic rings. The molecule has 7 atom stereocenters. The minimum Gasteiger partial charge on any atom is -0.446 e. The fourth-order valence-electron chi connectivity index (χ4n) is 7.40. The van der Waals surface area contributed by atoms with Crippen LogP contribution in [0.4, 0.5) is 9.59 Å². The summed E-state index contributed by atoms with van der Waals surface area (Å²) >= 11 is 0. The number of hydrogen-bond donors (Lipinski definition) is 4. The Morgan fingerprint density at radius 2 is 1.65 bits per heavy atom. The molecule has 54 heavy (non-hydrogen) atoms. The Bertz CT molecular complexity index is 1670. The van der Waals surface area contributed by atoms with Crippen LogP contribution >= 0.6 is 0 Å². The van der Waals surface area contributed by atoms with Crippen molar-refractivity contribution < 1.29 is 38.4 Å². The van der Waals surface area contributed by atoms with Gasteiger partial charge < -0.3 is 34.7 Å². The molecular formula is C41H53N5O8. The van der Waals surface area contributed by atoms with E-state index in [1.807, 2.05) is 87.5 Å². The van der Waals surface area contributed by atoms with Gasteiger partial charge in [0.2, 0.25) is 0 Å². The van der Waals surface area contributed by atoms with Gasteiger partial charge >= 0.3 is 12.2 Å². The average molecular weight is 744 g/mol. The number of hydrazine groups is 1. The molecule has 4 N–H and O–H groups in total. The summed E-state index contributed by atoms with van der Waals surface area (Å²) in [4.78, 5) is 44.6. The first-order chi connectivity index (χ1) is 26.0. The van der Waals surface area contributed by atoms with Crippen molar-refractivity contribution in [3.63, 3.8) is 0 Å². The van der Waals surface area contributed by atoms with E-state index in [9.17, 15) is 19.5 Å². The maximum absolute atomic E-state index is 14.1. The number of pyridine rings is 1. The predicted molar refractivity (Wildman–Crippen MR) is 201 cm³/mol. The standard InChI is InChI=1S/C41H53N5O8/c1-41(2,3)37(44-40(50)53-32-17-19-51-25-32)38(48)45-46(22-28-11-13-29(14-12-28)30-10-7-18-42-21-30)23-35(47)34(20-27-8-5-4-6-9-27)43-39(49)54-36-16-15-31-24-52-26-33(31)36/h4-14,18,21,31-37,47H,15-17,19-20,22-26H2,1-3H3,(H,43,49)(H,44,50)(H,45,48)/t31?,32?,33?,34-,35-,36?,37+/m0/s1. The van der Waals surface area contributed by atoms with Crippen LogP contribution in [0.5, 0.6) is 0 Å². The number of alkyl carbamates (subject to hydrolysis) is 2. The quantitative estimate of drug-likeness (QED) is 0.172. The summed E-state index contributed by atoms with van der Waals surface area (Å²) in [5, 5.41) is 19.2. The number of benzene rings is 2. The highest BCUT2D eigenvalue weighted by Gasteiger charge is 2.43. The van der Waals surface area contributed by atoms with Crippen LogP contribution in [0.25, 0.3) is 11.1 Å². The van der Waals surface area contributed by atoms with Gasteiger partial charge in [0, 0.05) is 44.4 Å². The van der Waals surface area contributed by atoms with Crippen molar-refractivity contribution in [2.45, 2.75) is 83.4 Å². The van der Waals surface area contributed by atoms with E-state index in [-0.39, 0.29) is 31.2 Å². The van der Waals surface area contributed by atoms with Crippen molar-refractivity contribution in [1.29, 1.82) is 0 Å². The number of amides is 3. The van der Waals surface area contributed by atoms with E-state index < -0.39 is 41.7 Å². The molecule has 3 aromatic rings. The lowest BCUT2D eigenvalue weighted by atomic mass is 9.86. The van der Waals surface area contributed by atoms with Gasteiger partial charge in [0.15, 0.2) is 0 Å². The summed E-state index contributed by atoms with van der Waals surface area (Å²) in [6.45, 7) is 7.79. The van der Waals surface area contributed by atoms with Crippen molar-refractivity contribution in [3.8, 4) is 11.1 Å². The molecule has 13 nitrogen and oxygen atoms in total. The molecule has 2 aliphatic heterocycles. The summed E-state index contributed by atoms with van der Waals surface area (Å²) in [7, 11) is 0. The summed E-state index contributed by atoms with van der Waals surface area (Å²) in [6, 6.07) is 19.6. The molecular weight excluding hydrogens is 690 g/mol. The summed E-state index contributed by atoms with van der Waals surface area (Å²) in [5.74, 6) is 0.0913. The second kappa shape index (κ2) is 18.2. The smallest absolute Gasteiger partial charge is 0.408 e. The number of nitrogens with one attached hydrogen (secondary N) is 3. The number of nitrogens with zero attached hydrogens (tertiary/aromatic N) is 2. The van der Waals surface area contributed by atoms with Crippen molar-refractivity contribution in [2.24, 2.45) is 17.3 Å². The van der Waals surface area contributed by atoms with E-state index >= 15 is 0 Å². The third-order valence-corrected chi connectivity index (χ3v) is 10.4. The lowest BCUT2D eigenvalue weighted by Gasteiger charge is -2.34. The van der Waals surface area contributed by atoms with Crippen LogP contribution < -0.4 is 16.1 Å². The molecule has 2 aromatic carbocycles. The first-order valence-electron chi connectivity index (χ1n) is 18.9. The predicted octanol–water partition coefficient (Wildman–Crippen LogP) is 4.64. The van der Waals surface area contributed by atoms with Crippen LogP contribution in [0.3, 0.4) is 0 Å². The van der Waals surface area contributed by atoms with Gasteiger partial charge in [-0.05, 0) is 58.9 Å². The highest BCUT2D eigenvalue weighted by atomic mass is 16.6. The molecule has 6 rings (SSSR count). The number of aromatic nitrogens is 1. The number of ether oxygens (including phenoxy) is 4. The molecule has 290 valence electrons. The maximum atomic E-state index is 14.1. The Hall–Kier alpha value is -4.56. The molecule has 13 heteroatoms. The van der Waals surface area contributed by atoms with Crippen molar-refractivity contribution >= 4 is 18.1 Å². The van der Waals surface area contributed by atoms with E-state index in [0.717, 1.165) is 35.1 Å². The minimum atomic E-state index is -1.15. The Morgan fingerprint density at radius 3 is 2.35 bits per heavy atom. The Kier molecular flexibility index (Phi) is 13.2. The van der Waals surface area contributed by atoms with Gasteiger partial charge in [-0.1, -0.05) is 81.4 Å². The Morgan fingerprint density at radius 1 is 0.870 bits per heavy atom. The number of aliphatic hydroxyl groups excluding tert-OH is 1. The van der Waals surface area contributed by atoms with Gasteiger partial charge in [-0.3, -0.25) is 15.2 Å². The third-order valence-electron chi connectivity index (χ3n) is 10.4. The largest absolute Gasteiger partial charge is 0.446 e.